The predicted octanol–water partition coefficient (Wildman–Crippen LogP) is 12.4. The van der Waals surface area contributed by atoms with E-state index in [2.05, 4.69) is 68.7 Å². The summed E-state index contributed by atoms with van der Waals surface area (Å²) in [7, 11) is 10.5. The van der Waals surface area contributed by atoms with E-state index in [0.29, 0.717) is 313 Å². The maximum absolute atomic E-state index is 15.2. The molecule has 29 heteroatoms. The van der Waals surface area contributed by atoms with Crippen LogP contribution >= 0.6 is 9.53 Å². The Kier molecular flexibility index (Phi) is 42.4. The van der Waals surface area contributed by atoms with Crippen molar-refractivity contribution in [3.8, 4) is 51.5 Å². The third-order valence-corrected chi connectivity index (χ3v) is 20.6. The zero-order valence-electron chi connectivity index (χ0n) is 70.7. The van der Waals surface area contributed by atoms with Crippen molar-refractivity contribution in [3.63, 3.8) is 0 Å². The van der Waals surface area contributed by atoms with Gasteiger partial charge in [0.2, 0.25) is 0 Å². The monoisotopic (exact) mass is 1790 g/mol. The first kappa shape index (κ1) is 96.1. The number of rotatable bonds is 61. The van der Waals surface area contributed by atoms with Gasteiger partial charge in [-0.1, -0.05) is 75.9 Å². The van der Waals surface area contributed by atoms with Crippen LogP contribution in [0.2, 0.25) is 0 Å². The minimum absolute atomic E-state index is 0.0897. The van der Waals surface area contributed by atoms with Crippen molar-refractivity contribution in [3.05, 3.63) is 162 Å². The Bertz CT molecular complexity index is 4690. The van der Waals surface area contributed by atoms with Crippen LogP contribution in [0.4, 0.5) is 0 Å². The molecule has 0 saturated carbocycles. The first-order valence-electron chi connectivity index (χ1n) is 42.0. The topological polar surface area (TPSA) is 271 Å². The van der Waals surface area contributed by atoms with Crippen LogP contribution in [0.5, 0.6) is 5.75 Å². The molecular weight excluding hydrogens is 1680 g/mol. The van der Waals surface area contributed by atoms with E-state index in [1.807, 2.05) is 111 Å². The number of carbonyl (C=O) groups is 4. The number of nitrogens with zero attached hydrogens (tertiary/aromatic N) is 5. The zero-order valence-corrected chi connectivity index (χ0v) is 73.0. The average Bonchev–Trinajstić information content (AvgIpc) is 0.679. The number of imide groups is 2. The Morgan fingerprint density at radius 1 is 0.352 bits per heavy atom. The molecule has 2 aliphatic heterocycles. The van der Waals surface area contributed by atoms with Crippen LogP contribution in [0.3, 0.4) is 0 Å². The molecule has 0 aliphatic carbocycles. The molecule has 0 fully saturated rings. The van der Waals surface area contributed by atoms with Crippen molar-refractivity contribution in [2.75, 3.05) is 232 Å². The summed E-state index contributed by atoms with van der Waals surface area (Å²) < 4.78 is 103. The molecule has 6 aromatic carbocycles. The van der Waals surface area contributed by atoms with Gasteiger partial charge in [0, 0.05) is 98.8 Å². The van der Waals surface area contributed by atoms with Gasteiger partial charge in [-0.3, -0.25) is 38.9 Å². The summed E-state index contributed by atoms with van der Waals surface area (Å²) in [5.41, 5.74) is 7.69. The number of halogens is 1. The van der Waals surface area contributed by atoms with Crippen molar-refractivity contribution in [2.45, 2.75) is 65.5 Å². The molecule has 4 amide bonds. The SMILES string of the molecule is [CH2-][n+]1c(-c2ccccn2)cc(-c2ccc(C#Cc3cc4c5c(ccc6c7c(OCCOCCOCCOCCOCCOCCOCCOCCOCCOCCOCCOCCOCCOCCOCCOCCOCCOC)cc8c9c(ccc(c3c56)c97)C(=O)N(C(CC)CC)C8=O)C(=O)N(C(CC)CC)C4=O)cc2)cc1-c1ccccn1.[Cl][Pd+]. The Balaban J connectivity index is 0.00000774. The number of carbonyl (C=O) groups excluding carboxylic acids is 4. The molecule has 0 bridgehead atoms. The second-order valence-electron chi connectivity index (χ2n) is 28.2. The van der Waals surface area contributed by atoms with Crippen LogP contribution < -0.4 is 9.30 Å². The van der Waals surface area contributed by atoms with Gasteiger partial charge in [0.1, 0.15) is 23.7 Å². The van der Waals surface area contributed by atoms with Gasteiger partial charge in [0.15, 0.2) is 0 Å². The Hall–Kier alpha value is -8.15. The van der Waals surface area contributed by atoms with Gasteiger partial charge >= 0.3 is 27.7 Å². The molecule has 5 heterocycles. The molecule has 122 heavy (non-hydrogen) atoms. The molecule has 2 aliphatic rings. The summed E-state index contributed by atoms with van der Waals surface area (Å²) in [5.74, 6) is 5.81. The van der Waals surface area contributed by atoms with Crippen molar-refractivity contribution in [2.24, 2.45) is 0 Å². The first-order chi connectivity index (χ1) is 60.1. The van der Waals surface area contributed by atoms with Crippen LogP contribution in [-0.2, 0) is 98.7 Å². The summed E-state index contributed by atoms with van der Waals surface area (Å²) in [6.07, 6.45) is 5.81. The van der Waals surface area contributed by atoms with E-state index in [1.54, 1.807) is 37.7 Å². The van der Waals surface area contributed by atoms with Crippen LogP contribution in [0, 0.1) is 18.9 Å². The summed E-state index contributed by atoms with van der Waals surface area (Å²) in [6, 6.07) is 34.0. The zero-order chi connectivity index (χ0) is 85.9. The number of aromatic nitrogens is 3. The summed E-state index contributed by atoms with van der Waals surface area (Å²) >= 11 is 2.22. The van der Waals surface area contributed by atoms with E-state index in [-0.39, 0.29) is 43.7 Å². The molecule has 27 nitrogen and oxygen atoms in total. The minimum atomic E-state index is -0.412. The third-order valence-electron chi connectivity index (χ3n) is 20.6. The van der Waals surface area contributed by atoms with Gasteiger partial charge in [0.25, 0.3) is 23.6 Å². The third kappa shape index (κ3) is 26.9. The quantitative estimate of drug-likeness (QED) is 0.00501. The van der Waals surface area contributed by atoms with Gasteiger partial charge in [-0.2, -0.15) is 0 Å². The summed E-state index contributed by atoms with van der Waals surface area (Å²) in [5, 5.41) is 4.96. The van der Waals surface area contributed by atoms with E-state index >= 15 is 9.59 Å². The summed E-state index contributed by atoms with van der Waals surface area (Å²) in [6.45, 7) is 22.8. The van der Waals surface area contributed by atoms with Crippen molar-refractivity contribution in [1.82, 2.24) is 19.8 Å². The molecule has 0 atom stereocenters. The number of amides is 4. The number of hydrogen-bond donors (Lipinski definition) is 0. The number of hydrogen-bond acceptors (Lipinski definition) is 24. The second kappa shape index (κ2) is 53.9. The number of methoxy groups -OCH3 is 1. The van der Waals surface area contributed by atoms with Gasteiger partial charge in [-0.15, -0.1) is 0 Å². The van der Waals surface area contributed by atoms with Gasteiger partial charge in [-0.05, 0) is 120 Å². The Morgan fingerprint density at radius 2 is 0.672 bits per heavy atom. The Labute approximate surface area is 729 Å². The van der Waals surface area contributed by atoms with E-state index in [4.69, 9.17) is 85.3 Å². The Morgan fingerprint density at radius 3 is 1.01 bits per heavy atom. The van der Waals surface area contributed by atoms with Gasteiger partial charge in [-0.25, -0.2) is 0 Å². The van der Waals surface area contributed by atoms with Crippen LogP contribution in [0.25, 0.3) is 77.0 Å². The predicted molar refractivity (Wildman–Crippen MR) is 459 cm³/mol. The number of fused-ring (bicyclic) bond motifs is 2. The molecular formula is C93H115ClN5O22Pd+. The van der Waals surface area contributed by atoms with Crippen molar-refractivity contribution in [1.29, 1.82) is 0 Å². The molecule has 11 rings (SSSR count). The van der Waals surface area contributed by atoms with E-state index < -0.39 is 11.8 Å². The molecule has 0 radical (unpaired) electrons. The molecule has 3 aromatic heterocycles. The fourth-order valence-corrected chi connectivity index (χ4v) is 14.5. The number of ether oxygens (including phenoxy) is 18. The molecule has 0 saturated heterocycles. The first-order valence-corrected chi connectivity index (χ1v) is 44.0. The second-order valence-corrected chi connectivity index (χ2v) is 28.2. The van der Waals surface area contributed by atoms with E-state index in [9.17, 15) is 9.59 Å². The van der Waals surface area contributed by atoms with E-state index in [0.717, 1.165) is 33.9 Å². The van der Waals surface area contributed by atoms with Gasteiger partial charge < -0.3 is 89.8 Å². The number of pyridine rings is 3. The molecule has 0 spiro atoms. The van der Waals surface area contributed by atoms with E-state index in [1.165, 1.54) is 9.80 Å². The van der Waals surface area contributed by atoms with Crippen LogP contribution in [-0.4, -0.2) is 287 Å². The molecule has 0 N–H and O–H groups in total. The number of benzene rings is 6. The van der Waals surface area contributed by atoms with Crippen LogP contribution in [0.1, 0.15) is 106 Å². The van der Waals surface area contributed by atoms with Gasteiger partial charge in [0.05, 0.1) is 235 Å². The fourth-order valence-electron chi connectivity index (χ4n) is 14.5. The van der Waals surface area contributed by atoms with Crippen molar-refractivity contribution >= 4 is 76.2 Å². The average molecular weight is 1800 g/mol. The van der Waals surface area contributed by atoms with Crippen molar-refractivity contribution < 1.29 is 127 Å². The molecule has 9 aromatic rings. The maximum atomic E-state index is 15.2. The molecule has 0 unspecified atom stereocenters. The summed E-state index contributed by atoms with van der Waals surface area (Å²) in [4.78, 5) is 72.1. The van der Waals surface area contributed by atoms with Crippen LogP contribution in [0.15, 0.2) is 122 Å². The fraction of sp³-hybridized carbons (Fsp3) is 0.484. The molecule has 660 valence electrons. The standard InChI is InChI=1S/C93H115N5O22.ClH.Pd/c1-7-71(8-2)97-90(99)75-26-24-74-87-83(120-62-61-119-60-59-118-58-57-117-56-55-116-54-53-115-52-51-114-50-49-113-48-47-112-46-45-111-44-43-110-42-41-109-40-39-108-38-37-107-36-35-106-34-33-105-32-31-104-30-29-103-6)66-78-86-76(91(100)98(93(78)102)72(9-3)10-4)25-23-73(89(86)87)84-69(63-77(92(97)101)85(75)88(74)84)22-19-67-17-20-68(21-18-67)70-64-81(79-15-11-13-27-94-79)96(5)82(65-70)80-16-12-14-28-95-80;;/h11-18,20-21,23-28,63-66,71-72H,5,7-10,29-62H2,1-4,6H3;1H;/q;;+2/p-1. The normalized spacial score (nSPS) is 12.7.